The van der Waals surface area contributed by atoms with E-state index >= 15 is 0 Å². The fourth-order valence-corrected chi connectivity index (χ4v) is 4.81. The highest BCUT2D eigenvalue weighted by molar-refractivity contribution is 5.82. The molecule has 0 aromatic heterocycles. The van der Waals surface area contributed by atoms with E-state index in [9.17, 15) is 18.8 Å². The lowest BCUT2D eigenvalue weighted by molar-refractivity contribution is -0.181. The predicted molar refractivity (Wildman–Crippen MR) is 125 cm³/mol. The second-order valence-corrected chi connectivity index (χ2v) is 10.8. The van der Waals surface area contributed by atoms with Crippen LogP contribution in [0.1, 0.15) is 80.1 Å². The van der Waals surface area contributed by atoms with Crippen LogP contribution in [0.4, 0.5) is 9.18 Å². The minimum absolute atomic E-state index is 0.0569. The van der Waals surface area contributed by atoms with E-state index in [2.05, 4.69) is 20.8 Å². The Bertz CT molecular complexity index is 760. The van der Waals surface area contributed by atoms with Crippen molar-refractivity contribution in [2.75, 3.05) is 6.61 Å². The third kappa shape index (κ3) is 7.52. The molecule has 1 unspecified atom stereocenters. The fraction of sp³-hybridized carbons (Fsp3) is 0.880. The smallest absolute Gasteiger partial charge is 0.479 e. The third-order valence-electron chi connectivity index (χ3n) is 7.26. The summed E-state index contributed by atoms with van der Waals surface area (Å²) in [7, 11) is 0. The monoisotopic (exact) mass is 503 g/mol. The first-order valence-corrected chi connectivity index (χ1v) is 12.6. The number of halogens is 1. The summed E-state index contributed by atoms with van der Waals surface area (Å²) in [5.41, 5.74) is 2.18. The minimum atomic E-state index is -2.33. The van der Waals surface area contributed by atoms with Crippen LogP contribution in [0.3, 0.4) is 0 Å². The molecule has 2 aliphatic rings. The molecule has 0 amide bonds. The zero-order chi connectivity index (χ0) is 26.6. The predicted octanol–water partition coefficient (Wildman–Crippen LogP) is 4.21. The molecule has 10 heteroatoms. The first-order valence-electron chi connectivity index (χ1n) is 12.6. The molecule has 2 saturated carbocycles. The van der Waals surface area contributed by atoms with Crippen LogP contribution in [-0.4, -0.2) is 59.5 Å². The van der Waals surface area contributed by atoms with Gasteiger partial charge in [-0.1, -0.05) is 34.1 Å². The standard InChI is InChI=1S/C25H42FNO8/c1-7-10-32-20(12-17-13-25(17,26)21(28)29)24(6,27)22(30)33-16(5)34-23(31)35-19-11-15(4)8-9-18(19)14(2)3/h14-20H,7-13,27H2,1-6H3,(H,28,29)/t15-,16-,17-,18+,19-,20-,24?,25+/m1/s1. The molecule has 0 bridgehead atoms. The Labute approximate surface area is 207 Å². The number of carbonyl (C=O) groups excluding carboxylic acids is 2. The molecular formula is C25H42FNO8. The molecule has 2 aliphatic carbocycles. The molecule has 9 nitrogen and oxygen atoms in total. The van der Waals surface area contributed by atoms with Crippen molar-refractivity contribution >= 4 is 18.1 Å². The maximum Gasteiger partial charge on any atom is 0.511 e. The van der Waals surface area contributed by atoms with E-state index in [0.29, 0.717) is 18.3 Å². The summed E-state index contributed by atoms with van der Waals surface area (Å²) < 4.78 is 36.0. The summed E-state index contributed by atoms with van der Waals surface area (Å²) in [6.45, 7) is 11.2. The fourth-order valence-electron chi connectivity index (χ4n) is 4.81. The van der Waals surface area contributed by atoms with Crippen LogP contribution < -0.4 is 5.73 Å². The van der Waals surface area contributed by atoms with Crippen LogP contribution in [0.15, 0.2) is 0 Å². The van der Waals surface area contributed by atoms with E-state index in [1.165, 1.54) is 13.8 Å². The number of alkyl halides is 1. The molecule has 3 N–H and O–H groups in total. The van der Waals surface area contributed by atoms with E-state index in [4.69, 9.17) is 29.8 Å². The first-order chi connectivity index (χ1) is 16.2. The van der Waals surface area contributed by atoms with Crippen molar-refractivity contribution in [2.24, 2.45) is 29.4 Å². The van der Waals surface area contributed by atoms with Gasteiger partial charge >= 0.3 is 18.1 Å². The maximum atomic E-state index is 14.3. The number of carbonyl (C=O) groups is 3. The second kappa shape index (κ2) is 11.9. The summed E-state index contributed by atoms with van der Waals surface area (Å²) >= 11 is 0. The van der Waals surface area contributed by atoms with Crippen molar-refractivity contribution in [3.8, 4) is 0 Å². The van der Waals surface area contributed by atoms with Gasteiger partial charge in [0, 0.05) is 19.4 Å². The summed E-state index contributed by atoms with van der Waals surface area (Å²) in [5, 5.41) is 9.07. The lowest BCUT2D eigenvalue weighted by Gasteiger charge is -2.36. The zero-order valence-electron chi connectivity index (χ0n) is 21.8. The number of carboxylic acid groups (broad SMARTS) is 1. The molecule has 0 radical (unpaired) electrons. The van der Waals surface area contributed by atoms with Crippen LogP contribution in [0.2, 0.25) is 0 Å². The number of ether oxygens (including phenoxy) is 4. The van der Waals surface area contributed by atoms with Crippen LogP contribution in [0, 0.1) is 23.7 Å². The molecular weight excluding hydrogens is 461 g/mol. The van der Waals surface area contributed by atoms with Gasteiger partial charge in [-0.2, -0.15) is 0 Å². The topological polar surface area (TPSA) is 134 Å². The molecule has 202 valence electrons. The summed E-state index contributed by atoms with van der Waals surface area (Å²) in [6.07, 6.45) is -0.251. The molecule has 0 aromatic rings. The summed E-state index contributed by atoms with van der Waals surface area (Å²) in [5.74, 6) is -2.24. The Hall–Kier alpha value is -1.94. The number of esters is 1. The lowest BCUT2D eigenvalue weighted by Crippen LogP contribution is -2.57. The van der Waals surface area contributed by atoms with Gasteiger partial charge in [-0.3, -0.25) is 0 Å². The van der Waals surface area contributed by atoms with Crippen LogP contribution >= 0.6 is 0 Å². The lowest BCUT2D eigenvalue weighted by atomic mass is 9.75. The van der Waals surface area contributed by atoms with Crippen LogP contribution in [-0.2, 0) is 28.5 Å². The number of aliphatic carboxylic acids is 1. The van der Waals surface area contributed by atoms with Gasteiger partial charge in [0.1, 0.15) is 11.6 Å². The molecule has 0 aliphatic heterocycles. The van der Waals surface area contributed by atoms with E-state index in [1.54, 1.807) is 0 Å². The van der Waals surface area contributed by atoms with Crippen molar-refractivity contribution in [3.63, 3.8) is 0 Å². The van der Waals surface area contributed by atoms with E-state index < -0.39 is 47.6 Å². The van der Waals surface area contributed by atoms with E-state index in [-0.39, 0.29) is 31.5 Å². The molecule has 35 heavy (non-hydrogen) atoms. The first kappa shape index (κ1) is 29.3. The van der Waals surface area contributed by atoms with Crippen molar-refractivity contribution in [1.82, 2.24) is 0 Å². The Morgan fingerprint density at radius 1 is 1.20 bits per heavy atom. The molecule has 0 heterocycles. The van der Waals surface area contributed by atoms with Gasteiger partial charge in [0.2, 0.25) is 12.0 Å². The van der Waals surface area contributed by atoms with Crippen LogP contribution in [0.25, 0.3) is 0 Å². The average Bonchev–Trinajstić information content (AvgIpc) is 3.41. The molecule has 8 atom stereocenters. The highest BCUT2D eigenvalue weighted by Crippen LogP contribution is 2.51. The number of hydrogen-bond donors (Lipinski definition) is 2. The minimum Gasteiger partial charge on any atom is -0.479 e. The third-order valence-corrected chi connectivity index (χ3v) is 7.26. The van der Waals surface area contributed by atoms with Crippen molar-refractivity contribution in [3.05, 3.63) is 0 Å². The quantitative estimate of drug-likeness (QED) is 0.297. The number of rotatable bonds is 12. The van der Waals surface area contributed by atoms with Gasteiger partial charge in [0.15, 0.2) is 0 Å². The van der Waals surface area contributed by atoms with Gasteiger partial charge in [-0.05, 0) is 56.8 Å². The zero-order valence-corrected chi connectivity index (χ0v) is 21.8. The largest absolute Gasteiger partial charge is 0.511 e. The molecule has 0 aromatic carbocycles. The summed E-state index contributed by atoms with van der Waals surface area (Å²) in [6, 6.07) is 0. The van der Waals surface area contributed by atoms with E-state index in [1.807, 2.05) is 6.92 Å². The maximum absolute atomic E-state index is 14.3. The SMILES string of the molecule is CCCO[C@H](C[C@@H]1C[C@@]1(F)C(=O)O)C(C)(N)C(=O)O[C@@H](C)OC(=O)O[C@@H]1C[C@H](C)CC[C@H]1C(C)C. The highest BCUT2D eigenvalue weighted by Gasteiger charge is 2.63. The Kier molecular flexibility index (Phi) is 9.93. The number of carboxylic acids is 1. The highest BCUT2D eigenvalue weighted by atomic mass is 19.1. The number of hydrogen-bond acceptors (Lipinski definition) is 8. The Morgan fingerprint density at radius 2 is 1.86 bits per heavy atom. The second-order valence-electron chi connectivity index (χ2n) is 10.8. The number of nitrogens with two attached hydrogens (primary N) is 1. The van der Waals surface area contributed by atoms with Crippen molar-refractivity contribution < 1.29 is 42.8 Å². The van der Waals surface area contributed by atoms with E-state index in [0.717, 1.165) is 19.3 Å². The van der Waals surface area contributed by atoms with Crippen molar-refractivity contribution in [2.45, 2.75) is 110 Å². The normalized spacial score (nSPS) is 31.7. The molecule has 0 spiro atoms. The van der Waals surface area contributed by atoms with Crippen molar-refractivity contribution in [1.29, 1.82) is 0 Å². The summed E-state index contributed by atoms with van der Waals surface area (Å²) in [4.78, 5) is 36.4. The Morgan fingerprint density at radius 3 is 2.40 bits per heavy atom. The average molecular weight is 504 g/mol. The molecule has 0 saturated heterocycles. The van der Waals surface area contributed by atoms with Gasteiger partial charge in [0.25, 0.3) is 0 Å². The van der Waals surface area contributed by atoms with Gasteiger partial charge in [-0.15, -0.1) is 0 Å². The molecule has 2 fully saturated rings. The van der Waals surface area contributed by atoms with Gasteiger partial charge in [-0.25, -0.2) is 18.8 Å². The van der Waals surface area contributed by atoms with Gasteiger partial charge in [0.05, 0.1) is 6.10 Å². The Balaban J connectivity index is 1.95. The molecule has 2 rings (SSSR count). The van der Waals surface area contributed by atoms with Gasteiger partial charge < -0.3 is 29.8 Å². The van der Waals surface area contributed by atoms with Crippen LogP contribution in [0.5, 0.6) is 0 Å².